The first-order valence-electron chi connectivity index (χ1n) is 5.53. The van der Waals surface area contributed by atoms with Crippen LogP contribution in [0.1, 0.15) is 15.9 Å². The van der Waals surface area contributed by atoms with Crippen molar-refractivity contribution < 1.29 is 4.79 Å². The summed E-state index contributed by atoms with van der Waals surface area (Å²) in [7, 11) is 0. The number of benzene rings is 1. The van der Waals surface area contributed by atoms with Gasteiger partial charge in [-0.15, -0.1) is 0 Å². The van der Waals surface area contributed by atoms with E-state index in [0.717, 1.165) is 5.56 Å². The molecule has 1 aromatic carbocycles. The Hall–Kier alpha value is -1.87. The van der Waals surface area contributed by atoms with Crippen molar-refractivity contribution in [3.63, 3.8) is 0 Å². The molecule has 0 bridgehead atoms. The zero-order chi connectivity index (χ0) is 13.1. The molecule has 0 N–H and O–H groups in total. The number of nitrogens with zero attached hydrogens (tertiary/aromatic N) is 1. The third kappa shape index (κ3) is 2.68. The summed E-state index contributed by atoms with van der Waals surface area (Å²) >= 11 is 5.94. The van der Waals surface area contributed by atoms with E-state index in [0.29, 0.717) is 10.6 Å². The molecule has 0 saturated carbocycles. The number of carbonyl (C=O) groups is 1. The highest BCUT2D eigenvalue weighted by atomic mass is 35.5. The quantitative estimate of drug-likeness (QED) is 0.797. The van der Waals surface area contributed by atoms with Gasteiger partial charge < -0.3 is 4.57 Å². The molecule has 0 amide bonds. The maximum Gasteiger partial charge on any atom is 0.251 e. The summed E-state index contributed by atoms with van der Waals surface area (Å²) in [5.74, 6) is -0.174. The van der Waals surface area contributed by atoms with Crippen molar-refractivity contribution >= 4 is 17.4 Å². The highest BCUT2D eigenvalue weighted by Gasteiger charge is 2.10. The molecular weight excluding hydrogens is 250 g/mol. The standard InChI is InChI=1S/C14H12ClNO2/c1-10-6-7-16(14(18)8-10)9-13(17)11-4-2-3-5-12(11)15/h2-8H,9H2,1H3. The second kappa shape index (κ2) is 5.19. The second-order valence-corrected chi connectivity index (χ2v) is 4.48. The van der Waals surface area contributed by atoms with Gasteiger partial charge in [-0.2, -0.15) is 0 Å². The van der Waals surface area contributed by atoms with Gasteiger partial charge in [-0.05, 0) is 30.7 Å². The summed E-state index contributed by atoms with van der Waals surface area (Å²) in [5.41, 5.74) is 1.13. The monoisotopic (exact) mass is 261 g/mol. The van der Waals surface area contributed by atoms with Crippen molar-refractivity contribution in [2.24, 2.45) is 0 Å². The SMILES string of the molecule is Cc1ccn(CC(=O)c2ccccc2Cl)c(=O)c1. The van der Waals surface area contributed by atoms with Gasteiger partial charge in [-0.25, -0.2) is 0 Å². The third-order valence-corrected chi connectivity index (χ3v) is 2.97. The molecule has 0 saturated heterocycles. The molecule has 0 fully saturated rings. The Morgan fingerprint density at radius 1 is 1.28 bits per heavy atom. The third-order valence-electron chi connectivity index (χ3n) is 2.64. The summed E-state index contributed by atoms with van der Waals surface area (Å²) in [6.45, 7) is 1.84. The summed E-state index contributed by atoms with van der Waals surface area (Å²) < 4.78 is 1.37. The van der Waals surface area contributed by atoms with Crippen LogP contribution in [-0.4, -0.2) is 10.4 Å². The number of ketones is 1. The smallest absolute Gasteiger partial charge is 0.251 e. The van der Waals surface area contributed by atoms with Crippen molar-refractivity contribution in [1.82, 2.24) is 4.57 Å². The Morgan fingerprint density at radius 2 is 2.00 bits per heavy atom. The van der Waals surface area contributed by atoms with Crippen LogP contribution in [0.15, 0.2) is 47.4 Å². The van der Waals surface area contributed by atoms with Crippen molar-refractivity contribution in [3.8, 4) is 0 Å². The van der Waals surface area contributed by atoms with Gasteiger partial charge in [0.1, 0.15) is 0 Å². The van der Waals surface area contributed by atoms with Crippen LogP contribution < -0.4 is 5.56 Å². The van der Waals surface area contributed by atoms with Crippen LogP contribution in [0.4, 0.5) is 0 Å². The predicted molar refractivity (Wildman–Crippen MR) is 71.2 cm³/mol. The highest BCUT2D eigenvalue weighted by Crippen LogP contribution is 2.15. The van der Waals surface area contributed by atoms with Gasteiger partial charge in [0.2, 0.25) is 0 Å². The summed E-state index contributed by atoms with van der Waals surface area (Å²) in [4.78, 5) is 23.7. The number of hydrogen-bond acceptors (Lipinski definition) is 2. The van der Waals surface area contributed by atoms with E-state index in [1.807, 2.05) is 6.92 Å². The minimum absolute atomic E-state index is 0.00282. The lowest BCUT2D eigenvalue weighted by atomic mass is 10.1. The lowest BCUT2D eigenvalue weighted by Gasteiger charge is -2.06. The summed E-state index contributed by atoms with van der Waals surface area (Å²) in [6.07, 6.45) is 1.62. The zero-order valence-electron chi connectivity index (χ0n) is 9.89. The largest absolute Gasteiger partial charge is 0.308 e. The molecule has 1 heterocycles. The first-order chi connectivity index (χ1) is 8.58. The summed E-state index contributed by atoms with van der Waals surface area (Å²) in [5, 5.41) is 0.405. The molecule has 0 unspecified atom stereocenters. The van der Waals surface area contributed by atoms with Crippen LogP contribution in [0, 0.1) is 6.92 Å². The van der Waals surface area contributed by atoms with E-state index in [4.69, 9.17) is 11.6 Å². The topological polar surface area (TPSA) is 39.1 Å². The first-order valence-corrected chi connectivity index (χ1v) is 5.90. The normalized spacial score (nSPS) is 10.3. The molecule has 2 aromatic rings. The highest BCUT2D eigenvalue weighted by molar-refractivity contribution is 6.33. The van der Waals surface area contributed by atoms with Crippen LogP contribution in [0.3, 0.4) is 0 Å². The lowest BCUT2D eigenvalue weighted by molar-refractivity contribution is 0.0971. The van der Waals surface area contributed by atoms with Gasteiger partial charge in [0.15, 0.2) is 5.78 Å². The van der Waals surface area contributed by atoms with E-state index in [1.165, 1.54) is 10.6 Å². The second-order valence-electron chi connectivity index (χ2n) is 4.07. The molecule has 1 aromatic heterocycles. The molecule has 0 aliphatic rings. The zero-order valence-corrected chi connectivity index (χ0v) is 10.6. The molecule has 0 aliphatic carbocycles. The predicted octanol–water partition coefficient (Wildman–Crippen LogP) is 2.69. The van der Waals surface area contributed by atoms with E-state index >= 15 is 0 Å². The van der Waals surface area contributed by atoms with E-state index in [1.54, 1.807) is 36.5 Å². The minimum Gasteiger partial charge on any atom is -0.308 e. The van der Waals surface area contributed by atoms with Gasteiger partial charge in [0.05, 0.1) is 11.6 Å². The maximum atomic E-state index is 12.0. The average Bonchev–Trinajstić information content (AvgIpc) is 2.33. The average molecular weight is 262 g/mol. The number of aromatic nitrogens is 1. The molecule has 3 nitrogen and oxygen atoms in total. The Morgan fingerprint density at radius 3 is 2.67 bits per heavy atom. The number of aryl methyl sites for hydroxylation is 1. The lowest BCUT2D eigenvalue weighted by Crippen LogP contribution is -2.23. The van der Waals surface area contributed by atoms with Gasteiger partial charge >= 0.3 is 0 Å². The van der Waals surface area contributed by atoms with Gasteiger partial charge in [-0.3, -0.25) is 9.59 Å². The van der Waals surface area contributed by atoms with Crippen molar-refractivity contribution in [1.29, 1.82) is 0 Å². The van der Waals surface area contributed by atoms with Crippen molar-refractivity contribution in [2.45, 2.75) is 13.5 Å². The van der Waals surface area contributed by atoms with E-state index < -0.39 is 0 Å². The summed E-state index contributed by atoms with van der Waals surface area (Å²) in [6, 6.07) is 10.1. The molecule has 18 heavy (non-hydrogen) atoms. The Bertz CT molecular complexity index is 646. The van der Waals surface area contributed by atoms with Crippen LogP contribution in [0.5, 0.6) is 0 Å². The molecule has 0 spiro atoms. The fourth-order valence-corrected chi connectivity index (χ4v) is 1.91. The van der Waals surface area contributed by atoms with E-state index in [9.17, 15) is 9.59 Å². The fourth-order valence-electron chi connectivity index (χ4n) is 1.66. The van der Waals surface area contributed by atoms with E-state index in [-0.39, 0.29) is 17.9 Å². The van der Waals surface area contributed by atoms with Gasteiger partial charge in [-0.1, -0.05) is 23.7 Å². The van der Waals surface area contributed by atoms with Crippen molar-refractivity contribution in [3.05, 3.63) is 69.1 Å². The van der Waals surface area contributed by atoms with Crippen LogP contribution in [0.2, 0.25) is 5.02 Å². The van der Waals surface area contributed by atoms with Gasteiger partial charge in [0, 0.05) is 17.8 Å². The molecule has 0 radical (unpaired) electrons. The Kier molecular flexibility index (Phi) is 3.63. The molecule has 92 valence electrons. The molecular formula is C14H12ClNO2. The van der Waals surface area contributed by atoms with Crippen LogP contribution >= 0.6 is 11.6 Å². The van der Waals surface area contributed by atoms with E-state index in [2.05, 4.69) is 0 Å². The molecule has 0 atom stereocenters. The number of pyridine rings is 1. The molecule has 4 heteroatoms. The Labute approximate surface area is 110 Å². The minimum atomic E-state index is -0.185. The van der Waals surface area contributed by atoms with Crippen molar-refractivity contribution in [2.75, 3.05) is 0 Å². The fraction of sp³-hybridized carbons (Fsp3) is 0.143. The Balaban J connectivity index is 2.27. The molecule has 0 aliphatic heterocycles. The van der Waals surface area contributed by atoms with Crippen LogP contribution in [-0.2, 0) is 6.54 Å². The number of halogens is 1. The van der Waals surface area contributed by atoms with Gasteiger partial charge in [0.25, 0.3) is 5.56 Å². The first kappa shape index (κ1) is 12.6. The maximum absolute atomic E-state index is 12.0. The number of carbonyl (C=O) groups excluding carboxylic acids is 1. The molecule has 2 rings (SSSR count). The van der Waals surface area contributed by atoms with Crippen LogP contribution in [0.25, 0.3) is 0 Å². The number of Topliss-reactive ketones (excluding diaryl/α,β-unsaturated/α-hetero) is 1. The number of hydrogen-bond donors (Lipinski definition) is 0. The number of rotatable bonds is 3.